The van der Waals surface area contributed by atoms with Crippen LogP contribution in [0.15, 0.2) is 28.7 Å². The molecule has 19 heavy (non-hydrogen) atoms. The van der Waals surface area contributed by atoms with Gasteiger partial charge in [-0.25, -0.2) is 0 Å². The molecule has 1 aromatic carbocycles. The van der Waals surface area contributed by atoms with Gasteiger partial charge < -0.3 is 15.8 Å². The summed E-state index contributed by atoms with van der Waals surface area (Å²) < 4.78 is 6.25. The van der Waals surface area contributed by atoms with Crippen molar-refractivity contribution in [3.05, 3.63) is 28.7 Å². The second-order valence-electron chi connectivity index (χ2n) is 4.47. The summed E-state index contributed by atoms with van der Waals surface area (Å²) in [6.07, 6.45) is 1.71. The molecular formula is C13H18BrClN2O2. The lowest BCUT2D eigenvalue weighted by atomic mass is 9.92. The molecule has 1 saturated heterocycles. The zero-order valence-corrected chi connectivity index (χ0v) is 12.9. The Bertz CT molecular complexity index is 408. The highest BCUT2D eigenvalue weighted by Crippen LogP contribution is 2.19. The Morgan fingerprint density at radius 3 is 2.47 bits per heavy atom. The summed E-state index contributed by atoms with van der Waals surface area (Å²) in [5, 5.41) is 2.84. The molecule has 1 heterocycles. The Morgan fingerprint density at radius 2 is 1.89 bits per heavy atom. The summed E-state index contributed by atoms with van der Waals surface area (Å²) in [5.74, 6) is 0.0958. The first-order valence-corrected chi connectivity index (χ1v) is 6.86. The van der Waals surface area contributed by atoms with Crippen LogP contribution in [0.3, 0.4) is 0 Å². The topological polar surface area (TPSA) is 64.4 Å². The van der Waals surface area contributed by atoms with Crippen molar-refractivity contribution < 1.29 is 9.53 Å². The van der Waals surface area contributed by atoms with Gasteiger partial charge >= 0.3 is 0 Å². The normalized spacial score (nSPS) is 17.4. The Balaban J connectivity index is 0.00000180. The third-order valence-electron chi connectivity index (χ3n) is 3.19. The lowest BCUT2D eigenvalue weighted by Crippen LogP contribution is -2.43. The number of hydrogen-bond donors (Lipinski definition) is 2. The molecule has 1 amide bonds. The molecule has 1 fully saturated rings. The molecule has 1 aliphatic heterocycles. The number of nitrogens with two attached hydrogens (primary N) is 1. The van der Waals surface area contributed by atoms with Gasteiger partial charge in [-0.1, -0.05) is 15.9 Å². The first-order chi connectivity index (χ1) is 8.66. The molecule has 2 rings (SSSR count). The number of carbonyl (C=O) groups excluding carboxylic acids is 1. The van der Waals surface area contributed by atoms with Crippen LogP contribution >= 0.6 is 28.3 Å². The number of nitrogens with one attached hydrogen (secondary N) is 1. The molecule has 1 aliphatic rings. The van der Waals surface area contributed by atoms with Crippen molar-refractivity contribution in [3.8, 4) is 0 Å². The molecule has 0 bridgehead atoms. The molecule has 0 spiro atoms. The number of amides is 1. The maximum atomic E-state index is 12.0. The minimum atomic E-state index is -0.461. The predicted octanol–water partition coefficient (Wildman–Crippen LogP) is 2.56. The number of halogens is 2. The second kappa shape index (κ2) is 7.85. The standard InChI is InChI=1S/C13H17BrN2O2.ClH/c14-10-1-3-11(4-2-10)16-13(17)12(15)9-5-7-18-8-6-9;/h1-4,9,12H,5-8,15H2,(H,16,17);1H. The van der Waals surface area contributed by atoms with Crippen LogP contribution in [0.25, 0.3) is 0 Å². The van der Waals surface area contributed by atoms with Gasteiger partial charge in [0, 0.05) is 23.4 Å². The molecule has 1 aromatic rings. The fourth-order valence-electron chi connectivity index (χ4n) is 2.05. The zero-order chi connectivity index (χ0) is 13.0. The predicted molar refractivity (Wildman–Crippen MR) is 81.5 cm³/mol. The van der Waals surface area contributed by atoms with E-state index in [0.29, 0.717) is 13.2 Å². The van der Waals surface area contributed by atoms with Crippen LogP contribution in [-0.2, 0) is 9.53 Å². The molecule has 0 saturated carbocycles. The van der Waals surface area contributed by atoms with E-state index in [1.54, 1.807) is 0 Å². The Kier molecular flexibility index (Phi) is 6.79. The van der Waals surface area contributed by atoms with E-state index in [1.165, 1.54) is 0 Å². The quantitative estimate of drug-likeness (QED) is 0.881. The lowest BCUT2D eigenvalue weighted by Gasteiger charge is -2.26. The third-order valence-corrected chi connectivity index (χ3v) is 3.72. The zero-order valence-electron chi connectivity index (χ0n) is 10.5. The van der Waals surface area contributed by atoms with Gasteiger partial charge in [-0.2, -0.15) is 0 Å². The van der Waals surface area contributed by atoms with Crippen molar-refractivity contribution in [1.29, 1.82) is 0 Å². The summed E-state index contributed by atoms with van der Waals surface area (Å²) in [4.78, 5) is 12.0. The highest BCUT2D eigenvalue weighted by atomic mass is 79.9. The van der Waals surface area contributed by atoms with E-state index in [2.05, 4.69) is 21.2 Å². The van der Waals surface area contributed by atoms with E-state index in [1.807, 2.05) is 24.3 Å². The maximum absolute atomic E-state index is 12.0. The van der Waals surface area contributed by atoms with Crippen LogP contribution in [0.5, 0.6) is 0 Å². The highest BCUT2D eigenvalue weighted by molar-refractivity contribution is 9.10. The summed E-state index contributed by atoms with van der Waals surface area (Å²) in [6.45, 7) is 1.40. The van der Waals surface area contributed by atoms with E-state index < -0.39 is 6.04 Å². The Hall–Kier alpha value is -0.620. The van der Waals surface area contributed by atoms with Crippen LogP contribution in [-0.4, -0.2) is 25.2 Å². The van der Waals surface area contributed by atoms with Crippen molar-refractivity contribution >= 4 is 39.9 Å². The van der Waals surface area contributed by atoms with E-state index in [0.717, 1.165) is 23.0 Å². The number of carbonyl (C=O) groups is 1. The minimum Gasteiger partial charge on any atom is -0.381 e. The molecule has 106 valence electrons. The third kappa shape index (κ3) is 4.76. The fraction of sp³-hybridized carbons (Fsp3) is 0.462. The van der Waals surface area contributed by atoms with Crippen LogP contribution in [0.1, 0.15) is 12.8 Å². The largest absolute Gasteiger partial charge is 0.381 e. The molecule has 0 aliphatic carbocycles. The van der Waals surface area contributed by atoms with E-state index in [9.17, 15) is 4.79 Å². The van der Waals surface area contributed by atoms with Gasteiger partial charge in [-0.05, 0) is 43.0 Å². The number of anilines is 1. The van der Waals surface area contributed by atoms with Gasteiger partial charge in [0.2, 0.25) is 5.91 Å². The first-order valence-electron chi connectivity index (χ1n) is 6.06. The molecule has 3 N–H and O–H groups in total. The summed E-state index contributed by atoms with van der Waals surface area (Å²) in [7, 11) is 0. The van der Waals surface area contributed by atoms with E-state index in [4.69, 9.17) is 10.5 Å². The maximum Gasteiger partial charge on any atom is 0.241 e. The van der Waals surface area contributed by atoms with Gasteiger partial charge in [0.25, 0.3) is 0 Å². The van der Waals surface area contributed by atoms with Crippen molar-refractivity contribution in [1.82, 2.24) is 0 Å². The number of hydrogen-bond acceptors (Lipinski definition) is 3. The highest BCUT2D eigenvalue weighted by Gasteiger charge is 2.26. The Labute approximate surface area is 127 Å². The van der Waals surface area contributed by atoms with Gasteiger partial charge in [-0.15, -0.1) is 12.4 Å². The van der Waals surface area contributed by atoms with Crippen LogP contribution in [0.4, 0.5) is 5.69 Å². The molecule has 0 radical (unpaired) electrons. The second-order valence-corrected chi connectivity index (χ2v) is 5.39. The van der Waals surface area contributed by atoms with Crippen LogP contribution in [0, 0.1) is 5.92 Å². The smallest absolute Gasteiger partial charge is 0.241 e. The van der Waals surface area contributed by atoms with Crippen molar-refractivity contribution in [2.75, 3.05) is 18.5 Å². The number of ether oxygens (including phenoxy) is 1. The molecule has 0 aromatic heterocycles. The van der Waals surface area contributed by atoms with E-state index in [-0.39, 0.29) is 24.2 Å². The van der Waals surface area contributed by atoms with Gasteiger partial charge in [0.15, 0.2) is 0 Å². The lowest BCUT2D eigenvalue weighted by molar-refractivity contribution is -0.119. The molecule has 1 unspecified atom stereocenters. The summed E-state index contributed by atoms with van der Waals surface area (Å²) in [6, 6.07) is 7.00. The van der Waals surface area contributed by atoms with Gasteiger partial charge in [0.1, 0.15) is 0 Å². The molecule has 1 atom stereocenters. The SMILES string of the molecule is Cl.NC(C(=O)Nc1ccc(Br)cc1)C1CCOCC1. The molecule has 6 heteroatoms. The summed E-state index contributed by atoms with van der Waals surface area (Å²) >= 11 is 3.35. The average Bonchev–Trinajstić information content (AvgIpc) is 2.41. The van der Waals surface area contributed by atoms with Crippen LogP contribution < -0.4 is 11.1 Å². The number of rotatable bonds is 3. The van der Waals surface area contributed by atoms with Gasteiger partial charge in [-0.3, -0.25) is 4.79 Å². The monoisotopic (exact) mass is 348 g/mol. The minimum absolute atomic E-state index is 0. The number of benzene rings is 1. The van der Waals surface area contributed by atoms with Crippen molar-refractivity contribution in [2.24, 2.45) is 11.7 Å². The summed E-state index contributed by atoms with van der Waals surface area (Å²) in [5.41, 5.74) is 6.76. The fourth-order valence-corrected chi connectivity index (χ4v) is 2.31. The van der Waals surface area contributed by atoms with Crippen molar-refractivity contribution in [3.63, 3.8) is 0 Å². The van der Waals surface area contributed by atoms with Gasteiger partial charge in [0.05, 0.1) is 6.04 Å². The van der Waals surface area contributed by atoms with E-state index >= 15 is 0 Å². The average molecular weight is 350 g/mol. The molecule has 4 nitrogen and oxygen atoms in total. The van der Waals surface area contributed by atoms with Crippen molar-refractivity contribution in [2.45, 2.75) is 18.9 Å². The first kappa shape index (κ1) is 16.4. The van der Waals surface area contributed by atoms with Crippen LogP contribution in [0.2, 0.25) is 0 Å². The Morgan fingerprint density at radius 1 is 1.32 bits per heavy atom. The molecular weight excluding hydrogens is 332 g/mol.